The Kier molecular flexibility index (Phi) is 7.21. The smallest absolute Gasteiger partial charge is 0.319 e. The van der Waals surface area contributed by atoms with Crippen molar-refractivity contribution in [3.05, 3.63) is 35.9 Å². The van der Waals surface area contributed by atoms with Gasteiger partial charge in [0.2, 0.25) is 5.78 Å². The number of ketones is 1. The number of ether oxygens (including phenoxy) is 1. The molecule has 0 N–H and O–H groups in total. The van der Waals surface area contributed by atoms with Gasteiger partial charge in [-0.15, -0.1) is 0 Å². The highest BCUT2D eigenvalue weighted by Crippen LogP contribution is 2.29. The maximum absolute atomic E-state index is 13.9. The van der Waals surface area contributed by atoms with Gasteiger partial charge < -0.3 is 4.74 Å². The van der Waals surface area contributed by atoms with E-state index in [1.54, 1.807) is 28.7 Å². The molecule has 0 saturated carbocycles. The zero-order valence-corrected chi connectivity index (χ0v) is 13.8. The fourth-order valence-corrected chi connectivity index (χ4v) is 2.34. The summed E-state index contributed by atoms with van der Waals surface area (Å²) in [4.78, 5) is 23.4. The minimum Gasteiger partial charge on any atom is -0.465 e. The number of halogens is 3. The van der Waals surface area contributed by atoms with Crippen molar-refractivity contribution in [2.45, 2.75) is 36.0 Å². The summed E-state index contributed by atoms with van der Waals surface area (Å²) in [5.41, 5.74) is -0.0644. The van der Waals surface area contributed by atoms with Gasteiger partial charge in [0.05, 0.1) is 6.61 Å². The van der Waals surface area contributed by atoms with E-state index in [1.165, 1.54) is 24.3 Å². The molecule has 116 valence electrons. The van der Waals surface area contributed by atoms with Crippen molar-refractivity contribution in [2.24, 2.45) is 0 Å². The highest BCUT2D eigenvalue weighted by atomic mass is 127. The van der Waals surface area contributed by atoms with Crippen LogP contribution >= 0.6 is 22.6 Å². The summed E-state index contributed by atoms with van der Waals surface area (Å²) in [6.45, 7) is 2.15. The van der Waals surface area contributed by atoms with E-state index >= 15 is 0 Å². The van der Waals surface area contributed by atoms with Crippen LogP contribution in [-0.2, 0) is 9.53 Å². The van der Waals surface area contributed by atoms with Crippen molar-refractivity contribution >= 4 is 34.3 Å². The number of rotatable bonds is 8. The standard InChI is InChI=1S/C15H17F2IO3/c1-2-3-9-21-14(20)12(18)10-15(16,17)13(19)11-7-5-4-6-8-11/h4-8,12H,2-3,9-10H2,1H3. The van der Waals surface area contributed by atoms with E-state index in [-0.39, 0.29) is 12.2 Å². The summed E-state index contributed by atoms with van der Waals surface area (Å²) in [7, 11) is 0. The van der Waals surface area contributed by atoms with Crippen LogP contribution in [0.1, 0.15) is 36.5 Å². The molecule has 0 aliphatic carbocycles. The first-order chi connectivity index (χ1) is 9.88. The molecule has 21 heavy (non-hydrogen) atoms. The summed E-state index contributed by atoms with van der Waals surface area (Å²) in [6, 6.07) is 7.34. The van der Waals surface area contributed by atoms with E-state index in [1.807, 2.05) is 6.92 Å². The molecule has 6 heteroatoms. The Labute approximate surface area is 136 Å². The third-order valence-corrected chi connectivity index (χ3v) is 3.75. The van der Waals surface area contributed by atoms with Crippen molar-refractivity contribution < 1.29 is 23.1 Å². The second-order valence-corrected chi connectivity index (χ2v) is 6.10. The summed E-state index contributed by atoms with van der Waals surface area (Å²) >= 11 is 1.59. The summed E-state index contributed by atoms with van der Waals surface area (Å²) in [6.07, 6.45) is 0.683. The second-order valence-electron chi connectivity index (χ2n) is 4.59. The molecule has 0 aromatic heterocycles. The molecule has 0 bridgehead atoms. The van der Waals surface area contributed by atoms with Gasteiger partial charge in [-0.05, 0) is 6.42 Å². The van der Waals surface area contributed by atoms with Gasteiger partial charge in [-0.1, -0.05) is 66.3 Å². The van der Waals surface area contributed by atoms with E-state index in [4.69, 9.17) is 4.74 Å². The van der Waals surface area contributed by atoms with Gasteiger partial charge in [0, 0.05) is 12.0 Å². The van der Waals surface area contributed by atoms with Crippen LogP contribution in [0.4, 0.5) is 8.78 Å². The first-order valence-corrected chi connectivity index (χ1v) is 7.91. The number of carbonyl (C=O) groups excluding carboxylic acids is 2. The number of unbranched alkanes of at least 4 members (excludes halogenated alkanes) is 1. The van der Waals surface area contributed by atoms with E-state index in [0.717, 1.165) is 6.42 Å². The van der Waals surface area contributed by atoms with Crippen LogP contribution < -0.4 is 0 Å². The van der Waals surface area contributed by atoms with Crippen LogP contribution in [0.2, 0.25) is 0 Å². The molecule has 0 spiro atoms. The summed E-state index contributed by atoms with van der Waals surface area (Å²) in [5.74, 6) is -5.56. The number of Topliss-reactive ketones (excluding diaryl/α,β-unsaturated/α-hetero) is 1. The van der Waals surface area contributed by atoms with Gasteiger partial charge in [0.15, 0.2) is 0 Å². The van der Waals surface area contributed by atoms with E-state index < -0.39 is 28.0 Å². The number of alkyl halides is 3. The Morgan fingerprint density at radius 2 is 1.90 bits per heavy atom. The van der Waals surface area contributed by atoms with Gasteiger partial charge in [-0.3, -0.25) is 9.59 Å². The normalized spacial score (nSPS) is 12.8. The molecular weight excluding hydrogens is 393 g/mol. The zero-order valence-electron chi connectivity index (χ0n) is 11.7. The van der Waals surface area contributed by atoms with E-state index in [2.05, 4.69) is 0 Å². The van der Waals surface area contributed by atoms with Gasteiger partial charge in [-0.25, -0.2) is 0 Å². The maximum atomic E-state index is 13.9. The third-order valence-electron chi connectivity index (χ3n) is 2.80. The monoisotopic (exact) mass is 410 g/mol. The highest BCUT2D eigenvalue weighted by molar-refractivity contribution is 14.1. The molecule has 0 aliphatic heterocycles. The number of hydrogen-bond acceptors (Lipinski definition) is 3. The lowest BCUT2D eigenvalue weighted by atomic mass is 10.0. The predicted molar refractivity (Wildman–Crippen MR) is 84.0 cm³/mol. The van der Waals surface area contributed by atoms with Crippen molar-refractivity contribution in [1.29, 1.82) is 0 Å². The number of carbonyl (C=O) groups is 2. The van der Waals surface area contributed by atoms with Gasteiger partial charge in [0.1, 0.15) is 3.92 Å². The van der Waals surface area contributed by atoms with Gasteiger partial charge >= 0.3 is 11.9 Å². The topological polar surface area (TPSA) is 43.4 Å². The Hall–Kier alpha value is -1.05. The van der Waals surface area contributed by atoms with E-state index in [9.17, 15) is 18.4 Å². The summed E-state index contributed by atoms with van der Waals surface area (Å²) in [5, 5.41) is 0. The third kappa shape index (κ3) is 5.68. The SMILES string of the molecule is CCCCOC(=O)C(I)CC(F)(F)C(=O)c1ccccc1. The molecule has 0 fully saturated rings. The number of benzene rings is 1. The average molecular weight is 410 g/mol. The molecule has 0 radical (unpaired) electrons. The minimum absolute atomic E-state index is 0.0644. The molecular formula is C15H17F2IO3. The predicted octanol–water partition coefficient (Wildman–Crippen LogP) is 4.04. The van der Waals surface area contributed by atoms with Crippen LogP contribution in [0.25, 0.3) is 0 Å². The van der Waals surface area contributed by atoms with Crippen molar-refractivity contribution in [3.8, 4) is 0 Å². The van der Waals surface area contributed by atoms with E-state index in [0.29, 0.717) is 6.42 Å². The Morgan fingerprint density at radius 1 is 1.29 bits per heavy atom. The molecule has 0 amide bonds. The lowest BCUT2D eigenvalue weighted by Gasteiger charge is -2.18. The minimum atomic E-state index is -3.59. The lowest BCUT2D eigenvalue weighted by molar-refractivity contribution is -0.143. The summed E-state index contributed by atoms with van der Waals surface area (Å²) < 4.78 is 31.7. The van der Waals surface area contributed by atoms with Crippen LogP contribution in [-0.4, -0.2) is 28.2 Å². The first-order valence-electron chi connectivity index (χ1n) is 6.67. The molecule has 1 atom stereocenters. The number of esters is 1. The zero-order chi connectivity index (χ0) is 15.9. The van der Waals surface area contributed by atoms with Gasteiger partial charge in [-0.2, -0.15) is 8.78 Å². The molecule has 1 unspecified atom stereocenters. The molecule has 0 aliphatic rings. The average Bonchev–Trinajstić information content (AvgIpc) is 2.47. The molecule has 3 nitrogen and oxygen atoms in total. The van der Waals surface area contributed by atoms with Gasteiger partial charge in [0.25, 0.3) is 0 Å². The lowest BCUT2D eigenvalue weighted by Crippen LogP contribution is -2.34. The Morgan fingerprint density at radius 3 is 2.48 bits per heavy atom. The first kappa shape index (κ1) is 18.0. The maximum Gasteiger partial charge on any atom is 0.319 e. The fraction of sp³-hybridized carbons (Fsp3) is 0.467. The van der Waals surface area contributed by atoms with Crippen LogP contribution in [0.15, 0.2) is 30.3 Å². The number of hydrogen-bond donors (Lipinski definition) is 0. The van der Waals surface area contributed by atoms with Crippen molar-refractivity contribution in [1.82, 2.24) is 0 Å². The molecule has 0 saturated heterocycles. The van der Waals surface area contributed by atoms with Crippen LogP contribution in [0.3, 0.4) is 0 Å². The largest absolute Gasteiger partial charge is 0.465 e. The second kappa shape index (κ2) is 8.41. The Balaban J connectivity index is 2.62. The highest BCUT2D eigenvalue weighted by Gasteiger charge is 2.42. The quantitative estimate of drug-likeness (QED) is 0.214. The molecule has 1 rings (SSSR count). The van der Waals surface area contributed by atoms with Crippen molar-refractivity contribution in [2.75, 3.05) is 6.61 Å². The van der Waals surface area contributed by atoms with Crippen LogP contribution in [0, 0.1) is 0 Å². The molecule has 1 aromatic rings. The Bertz CT molecular complexity index is 477. The van der Waals surface area contributed by atoms with Crippen molar-refractivity contribution in [3.63, 3.8) is 0 Å². The fourth-order valence-electron chi connectivity index (χ4n) is 1.61. The van der Waals surface area contributed by atoms with Crippen LogP contribution in [0.5, 0.6) is 0 Å². The molecule has 0 heterocycles. The molecule has 1 aromatic carbocycles.